The monoisotopic (exact) mass is 332 g/mol. The zero-order valence-electron chi connectivity index (χ0n) is 13.8. The molecule has 7 nitrogen and oxygen atoms in total. The summed E-state index contributed by atoms with van der Waals surface area (Å²) in [6.45, 7) is 3.82. The summed E-state index contributed by atoms with van der Waals surface area (Å²) in [7, 11) is 0. The lowest BCUT2D eigenvalue weighted by atomic mass is 9.93. The van der Waals surface area contributed by atoms with Crippen LogP contribution in [-0.2, 0) is 4.79 Å². The molecule has 1 amide bonds. The molecule has 0 spiro atoms. The molecule has 1 aromatic rings. The second kappa shape index (κ2) is 7.17. The van der Waals surface area contributed by atoms with E-state index in [1.165, 1.54) is 0 Å². The van der Waals surface area contributed by atoms with Crippen LogP contribution in [0.2, 0.25) is 0 Å². The Bertz CT molecular complexity index is 588. The summed E-state index contributed by atoms with van der Waals surface area (Å²) in [5, 5.41) is 10.7. The Balaban J connectivity index is 1.51. The summed E-state index contributed by atoms with van der Waals surface area (Å²) in [5.74, 6) is -0.121. The van der Waals surface area contributed by atoms with Crippen LogP contribution in [0.15, 0.2) is 24.3 Å². The van der Waals surface area contributed by atoms with Crippen molar-refractivity contribution in [1.82, 2.24) is 4.90 Å². The van der Waals surface area contributed by atoms with Gasteiger partial charge in [-0.05, 0) is 50.9 Å². The van der Waals surface area contributed by atoms with Gasteiger partial charge >= 0.3 is 0 Å². The van der Waals surface area contributed by atoms with Crippen molar-refractivity contribution in [3.05, 3.63) is 34.4 Å². The minimum absolute atomic E-state index is 0.0430. The van der Waals surface area contributed by atoms with Crippen LogP contribution in [0.5, 0.6) is 0 Å². The Labute approximate surface area is 141 Å². The Morgan fingerprint density at radius 1 is 1.04 bits per heavy atom. The molecular weight excluding hydrogens is 308 g/mol. The van der Waals surface area contributed by atoms with Crippen LogP contribution in [-0.4, -0.2) is 48.0 Å². The van der Waals surface area contributed by atoms with Gasteiger partial charge in [0.25, 0.3) is 5.69 Å². The van der Waals surface area contributed by atoms with E-state index in [9.17, 15) is 14.9 Å². The highest BCUT2D eigenvalue weighted by atomic mass is 16.6. The molecule has 0 aromatic heterocycles. The first-order valence-electron chi connectivity index (χ1n) is 8.57. The van der Waals surface area contributed by atoms with Crippen molar-refractivity contribution >= 4 is 17.3 Å². The molecule has 7 heteroatoms. The predicted octanol–water partition coefficient (Wildman–Crippen LogP) is 1.76. The predicted molar refractivity (Wildman–Crippen MR) is 91.8 cm³/mol. The number of amides is 1. The summed E-state index contributed by atoms with van der Waals surface area (Å²) >= 11 is 0. The maximum atomic E-state index is 11.3. The summed E-state index contributed by atoms with van der Waals surface area (Å²) in [6.07, 6.45) is 3.91. The van der Waals surface area contributed by atoms with Gasteiger partial charge in [-0.3, -0.25) is 14.9 Å². The number of piperidine rings is 2. The lowest BCUT2D eigenvalue weighted by Crippen LogP contribution is -2.48. The molecule has 2 aliphatic heterocycles. The third kappa shape index (κ3) is 3.67. The maximum Gasteiger partial charge on any atom is 0.269 e. The number of carbonyl (C=O) groups is 1. The topological polar surface area (TPSA) is 92.7 Å². The molecule has 0 atom stereocenters. The van der Waals surface area contributed by atoms with Crippen LogP contribution in [0.1, 0.15) is 25.7 Å². The van der Waals surface area contributed by atoms with E-state index in [1.54, 1.807) is 12.1 Å². The van der Waals surface area contributed by atoms with Crippen LogP contribution < -0.4 is 10.6 Å². The fraction of sp³-hybridized carbons (Fsp3) is 0.588. The van der Waals surface area contributed by atoms with Crippen molar-refractivity contribution in [3.8, 4) is 0 Å². The number of non-ortho nitro benzene ring substituents is 1. The molecule has 0 saturated carbocycles. The van der Waals surface area contributed by atoms with Crippen LogP contribution in [0.25, 0.3) is 0 Å². The van der Waals surface area contributed by atoms with Crippen LogP contribution in [0.3, 0.4) is 0 Å². The number of anilines is 1. The molecule has 2 N–H and O–H groups in total. The normalized spacial score (nSPS) is 20.9. The number of nitrogens with zero attached hydrogens (tertiary/aromatic N) is 3. The minimum atomic E-state index is -0.369. The van der Waals surface area contributed by atoms with Crippen molar-refractivity contribution in [2.24, 2.45) is 11.7 Å². The Morgan fingerprint density at radius 3 is 2.12 bits per heavy atom. The Morgan fingerprint density at radius 2 is 1.62 bits per heavy atom. The summed E-state index contributed by atoms with van der Waals surface area (Å²) in [5.41, 5.74) is 6.57. The number of primary amides is 1. The fourth-order valence-corrected chi connectivity index (χ4v) is 3.82. The number of carbonyl (C=O) groups excluding carboxylic acids is 1. The minimum Gasteiger partial charge on any atom is -0.371 e. The number of nitro benzene ring substituents is 1. The van der Waals surface area contributed by atoms with Gasteiger partial charge in [-0.1, -0.05) is 0 Å². The van der Waals surface area contributed by atoms with E-state index >= 15 is 0 Å². The van der Waals surface area contributed by atoms with E-state index in [-0.39, 0.29) is 22.4 Å². The average Bonchev–Trinajstić information content (AvgIpc) is 2.62. The molecule has 2 fully saturated rings. The van der Waals surface area contributed by atoms with Crippen molar-refractivity contribution in [3.63, 3.8) is 0 Å². The van der Waals surface area contributed by atoms with Gasteiger partial charge in [0.1, 0.15) is 0 Å². The third-order valence-corrected chi connectivity index (χ3v) is 5.34. The van der Waals surface area contributed by atoms with E-state index in [0.29, 0.717) is 6.04 Å². The van der Waals surface area contributed by atoms with Gasteiger partial charge in [-0.25, -0.2) is 0 Å². The first-order chi connectivity index (χ1) is 11.5. The Kier molecular flexibility index (Phi) is 4.99. The first-order valence-corrected chi connectivity index (χ1v) is 8.57. The van der Waals surface area contributed by atoms with Gasteiger partial charge in [0, 0.05) is 42.9 Å². The van der Waals surface area contributed by atoms with Crippen molar-refractivity contribution in [2.45, 2.75) is 31.7 Å². The van der Waals surface area contributed by atoms with Crippen LogP contribution in [0, 0.1) is 16.0 Å². The van der Waals surface area contributed by atoms with E-state index in [2.05, 4.69) is 9.80 Å². The molecule has 2 aliphatic rings. The average molecular weight is 332 g/mol. The van der Waals surface area contributed by atoms with Gasteiger partial charge in [0.15, 0.2) is 0 Å². The highest BCUT2D eigenvalue weighted by Gasteiger charge is 2.29. The summed E-state index contributed by atoms with van der Waals surface area (Å²) in [4.78, 5) is 26.4. The largest absolute Gasteiger partial charge is 0.371 e. The number of nitrogens with two attached hydrogens (primary N) is 1. The summed E-state index contributed by atoms with van der Waals surface area (Å²) in [6, 6.07) is 7.35. The van der Waals surface area contributed by atoms with E-state index in [1.807, 2.05) is 12.1 Å². The smallest absolute Gasteiger partial charge is 0.269 e. The van der Waals surface area contributed by atoms with Gasteiger partial charge in [-0.2, -0.15) is 0 Å². The summed E-state index contributed by atoms with van der Waals surface area (Å²) < 4.78 is 0. The third-order valence-electron chi connectivity index (χ3n) is 5.34. The quantitative estimate of drug-likeness (QED) is 0.670. The molecule has 1 aromatic carbocycles. The molecule has 0 bridgehead atoms. The molecule has 24 heavy (non-hydrogen) atoms. The number of likely N-dealkylation sites (tertiary alicyclic amines) is 1. The van der Waals surface area contributed by atoms with Crippen LogP contribution in [0.4, 0.5) is 11.4 Å². The van der Waals surface area contributed by atoms with Gasteiger partial charge < -0.3 is 15.5 Å². The molecule has 2 heterocycles. The zero-order chi connectivity index (χ0) is 17.1. The van der Waals surface area contributed by atoms with Crippen molar-refractivity contribution < 1.29 is 9.72 Å². The second-order valence-electron chi connectivity index (χ2n) is 6.70. The van der Waals surface area contributed by atoms with E-state index in [4.69, 9.17) is 5.73 Å². The number of nitro groups is 1. The lowest BCUT2D eigenvalue weighted by Gasteiger charge is -2.42. The molecule has 3 rings (SSSR count). The Hall–Kier alpha value is -2.15. The van der Waals surface area contributed by atoms with Crippen molar-refractivity contribution in [2.75, 3.05) is 31.1 Å². The maximum absolute atomic E-state index is 11.3. The number of rotatable bonds is 4. The molecule has 2 saturated heterocycles. The SMILES string of the molecule is NC(=O)C1CCN(C2CCN(c3ccc([N+](=O)[O-])cc3)CC2)CC1. The highest BCUT2D eigenvalue weighted by Crippen LogP contribution is 2.27. The van der Waals surface area contributed by atoms with Crippen LogP contribution >= 0.6 is 0 Å². The molecular formula is C17H24N4O3. The lowest BCUT2D eigenvalue weighted by molar-refractivity contribution is -0.384. The fourth-order valence-electron chi connectivity index (χ4n) is 3.82. The number of hydrogen-bond donors (Lipinski definition) is 1. The standard InChI is InChI=1S/C17H24N4O3/c18-17(22)13-5-9-19(10-6-13)15-7-11-20(12-8-15)14-1-3-16(4-2-14)21(23)24/h1-4,13,15H,5-12H2,(H2,18,22). The number of benzene rings is 1. The van der Waals surface area contributed by atoms with Gasteiger partial charge in [-0.15, -0.1) is 0 Å². The second-order valence-corrected chi connectivity index (χ2v) is 6.70. The first kappa shape index (κ1) is 16.7. The van der Waals surface area contributed by atoms with Gasteiger partial charge in [0.05, 0.1) is 4.92 Å². The highest BCUT2D eigenvalue weighted by molar-refractivity contribution is 5.76. The molecule has 0 aliphatic carbocycles. The van der Waals surface area contributed by atoms with Gasteiger partial charge in [0.2, 0.25) is 5.91 Å². The molecule has 0 unspecified atom stereocenters. The number of hydrogen-bond acceptors (Lipinski definition) is 5. The van der Waals surface area contributed by atoms with E-state index < -0.39 is 0 Å². The molecule has 130 valence electrons. The zero-order valence-corrected chi connectivity index (χ0v) is 13.8. The molecule has 0 radical (unpaired) electrons. The van der Waals surface area contributed by atoms with Crippen molar-refractivity contribution in [1.29, 1.82) is 0 Å². The van der Waals surface area contributed by atoms with E-state index in [0.717, 1.165) is 57.5 Å².